The highest BCUT2D eigenvalue weighted by Gasteiger charge is 2.17. The second-order valence-corrected chi connectivity index (χ2v) is 4.26. The first-order valence-electron chi connectivity index (χ1n) is 5.66. The van der Waals surface area contributed by atoms with Crippen LogP contribution in [0.3, 0.4) is 0 Å². The standard InChI is InChI=1S/C12H17N3O2/c1-15(4-5-16)11-7-10-8(6-9(11)13)2-3-12(17)14-10/h6-7,16H,2-5,13H2,1H3,(H,14,17). The van der Waals surface area contributed by atoms with E-state index in [4.69, 9.17) is 10.8 Å². The number of nitrogens with two attached hydrogens (primary N) is 1. The van der Waals surface area contributed by atoms with Gasteiger partial charge in [0.1, 0.15) is 0 Å². The van der Waals surface area contributed by atoms with Crippen molar-refractivity contribution < 1.29 is 9.90 Å². The molecule has 1 amide bonds. The maximum Gasteiger partial charge on any atom is 0.224 e. The van der Waals surface area contributed by atoms with Gasteiger partial charge in [0.15, 0.2) is 0 Å². The van der Waals surface area contributed by atoms with E-state index in [1.807, 2.05) is 24.1 Å². The van der Waals surface area contributed by atoms with Crippen LogP contribution in [0.4, 0.5) is 17.1 Å². The Hall–Kier alpha value is -1.75. The second kappa shape index (κ2) is 4.63. The minimum absolute atomic E-state index is 0.0398. The summed E-state index contributed by atoms with van der Waals surface area (Å²) in [6.07, 6.45) is 1.24. The fraction of sp³-hybridized carbons (Fsp3) is 0.417. The number of aliphatic hydroxyl groups is 1. The quantitative estimate of drug-likeness (QED) is 0.670. The number of benzene rings is 1. The number of carbonyl (C=O) groups excluding carboxylic acids is 1. The van der Waals surface area contributed by atoms with E-state index in [0.29, 0.717) is 18.7 Å². The molecule has 1 aliphatic heterocycles. The van der Waals surface area contributed by atoms with Crippen molar-refractivity contribution in [1.82, 2.24) is 0 Å². The van der Waals surface area contributed by atoms with E-state index in [1.54, 1.807) is 0 Å². The van der Waals surface area contributed by atoms with Crippen LogP contribution in [0.15, 0.2) is 12.1 Å². The molecule has 4 N–H and O–H groups in total. The van der Waals surface area contributed by atoms with E-state index in [9.17, 15) is 4.79 Å². The van der Waals surface area contributed by atoms with E-state index in [1.165, 1.54) is 0 Å². The Morgan fingerprint density at radius 2 is 2.24 bits per heavy atom. The van der Waals surface area contributed by atoms with Crippen molar-refractivity contribution in [3.63, 3.8) is 0 Å². The van der Waals surface area contributed by atoms with Gasteiger partial charge in [-0.25, -0.2) is 0 Å². The number of fused-ring (bicyclic) bond motifs is 1. The molecule has 0 aliphatic carbocycles. The summed E-state index contributed by atoms with van der Waals surface area (Å²) < 4.78 is 0. The molecule has 17 heavy (non-hydrogen) atoms. The third kappa shape index (κ3) is 2.34. The van der Waals surface area contributed by atoms with Gasteiger partial charge < -0.3 is 21.1 Å². The van der Waals surface area contributed by atoms with Crippen LogP contribution in [-0.2, 0) is 11.2 Å². The SMILES string of the molecule is CN(CCO)c1cc2c(cc1N)CCC(=O)N2. The summed E-state index contributed by atoms with van der Waals surface area (Å²) >= 11 is 0. The zero-order valence-electron chi connectivity index (χ0n) is 9.86. The van der Waals surface area contributed by atoms with Crippen molar-refractivity contribution in [3.05, 3.63) is 17.7 Å². The maximum absolute atomic E-state index is 11.3. The van der Waals surface area contributed by atoms with Gasteiger partial charge in [-0.3, -0.25) is 4.79 Å². The molecule has 0 aromatic heterocycles. The molecule has 0 saturated heterocycles. The van der Waals surface area contributed by atoms with Crippen molar-refractivity contribution in [2.75, 3.05) is 36.1 Å². The van der Waals surface area contributed by atoms with Gasteiger partial charge in [-0.05, 0) is 24.1 Å². The van der Waals surface area contributed by atoms with Crippen molar-refractivity contribution >= 4 is 23.0 Å². The van der Waals surface area contributed by atoms with Crippen molar-refractivity contribution in [3.8, 4) is 0 Å². The van der Waals surface area contributed by atoms with Gasteiger partial charge in [0, 0.05) is 25.7 Å². The summed E-state index contributed by atoms with van der Waals surface area (Å²) in [4.78, 5) is 13.2. The molecule has 5 nitrogen and oxygen atoms in total. The molecule has 1 aromatic carbocycles. The highest BCUT2D eigenvalue weighted by atomic mass is 16.3. The summed E-state index contributed by atoms with van der Waals surface area (Å²) in [6, 6.07) is 3.77. The van der Waals surface area contributed by atoms with Crippen molar-refractivity contribution in [1.29, 1.82) is 0 Å². The van der Waals surface area contributed by atoms with Crippen LogP contribution in [-0.4, -0.2) is 31.2 Å². The van der Waals surface area contributed by atoms with E-state index in [2.05, 4.69) is 5.32 Å². The number of hydrogen-bond acceptors (Lipinski definition) is 4. The molecule has 0 atom stereocenters. The molecular formula is C12H17N3O2. The maximum atomic E-state index is 11.3. The molecule has 0 fully saturated rings. The van der Waals surface area contributed by atoms with Crippen molar-refractivity contribution in [2.24, 2.45) is 0 Å². The predicted octanol–water partition coefficient (Wildman–Crippen LogP) is 0.582. The fourth-order valence-electron chi connectivity index (χ4n) is 2.04. The Bertz CT molecular complexity index is 446. The number of carbonyl (C=O) groups is 1. The van der Waals surface area contributed by atoms with Crippen LogP contribution in [0, 0.1) is 0 Å². The zero-order valence-corrected chi connectivity index (χ0v) is 9.86. The van der Waals surface area contributed by atoms with Gasteiger partial charge in [0.05, 0.1) is 18.0 Å². The fourth-order valence-corrected chi connectivity index (χ4v) is 2.04. The molecule has 92 valence electrons. The Kier molecular flexibility index (Phi) is 3.19. The van der Waals surface area contributed by atoms with E-state index in [-0.39, 0.29) is 12.5 Å². The molecule has 1 aliphatic rings. The van der Waals surface area contributed by atoms with Gasteiger partial charge in [-0.15, -0.1) is 0 Å². The number of likely N-dealkylation sites (N-methyl/N-ethyl adjacent to an activating group) is 1. The number of amides is 1. The molecule has 5 heteroatoms. The Labute approximate surface area is 100 Å². The number of hydrogen-bond donors (Lipinski definition) is 3. The third-order valence-electron chi connectivity index (χ3n) is 2.99. The summed E-state index contributed by atoms with van der Waals surface area (Å²) in [5, 5.41) is 11.8. The monoisotopic (exact) mass is 235 g/mol. The third-order valence-corrected chi connectivity index (χ3v) is 2.99. The topological polar surface area (TPSA) is 78.6 Å². The molecule has 0 spiro atoms. The largest absolute Gasteiger partial charge is 0.397 e. The Morgan fingerprint density at radius 3 is 2.94 bits per heavy atom. The lowest BCUT2D eigenvalue weighted by molar-refractivity contribution is -0.116. The van der Waals surface area contributed by atoms with Crippen LogP contribution in [0.25, 0.3) is 0 Å². The summed E-state index contributed by atoms with van der Waals surface area (Å²) in [6.45, 7) is 0.580. The Balaban J connectivity index is 2.35. The second-order valence-electron chi connectivity index (χ2n) is 4.26. The average molecular weight is 235 g/mol. The van der Waals surface area contributed by atoms with E-state index < -0.39 is 0 Å². The summed E-state index contributed by atoms with van der Waals surface area (Å²) in [7, 11) is 1.86. The minimum atomic E-state index is 0.0398. The smallest absolute Gasteiger partial charge is 0.224 e. The first kappa shape index (κ1) is 11.7. The minimum Gasteiger partial charge on any atom is -0.397 e. The van der Waals surface area contributed by atoms with Crippen LogP contribution < -0.4 is 16.0 Å². The normalized spacial score (nSPS) is 14.1. The zero-order chi connectivity index (χ0) is 12.4. The van der Waals surface area contributed by atoms with Crippen molar-refractivity contribution in [2.45, 2.75) is 12.8 Å². The van der Waals surface area contributed by atoms with Gasteiger partial charge in [0.2, 0.25) is 5.91 Å². The molecule has 1 heterocycles. The van der Waals surface area contributed by atoms with Crippen LogP contribution in [0.1, 0.15) is 12.0 Å². The van der Waals surface area contributed by atoms with Gasteiger partial charge in [-0.1, -0.05) is 0 Å². The lowest BCUT2D eigenvalue weighted by Crippen LogP contribution is -2.24. The lowest BCUT2D eigenvalue weighted by atomic mass is 10.0. The summed E-state index contributed by atoms with van der Waals surface area (Å²) in [5.74, 6) is 0.0398. The highest BCUT2D eigenvalue weighted by molar-refractivity contribution is 5.95. The number of anilines is 3. The van der Waals surface area contributed by atoms with Gasteiger partial charge in [0.25, 0.3) is 0 Å². The first-order chi connectivity index (χ1) is 8.11. The molecule has 1 aromatic rings. The first-order valence-corrected chi connectivity index (χ1v) is 5.66. The van der Waals surface area contributed by atoms with Crippen LogP contribution in [0.2, 0.25) is 0 Å². The number of nitrogens with one attached hydrogen (secondary N) is 1. The van der Waals surface area contributed by atoms with E-state index >= 15 is 0 Å². The molecule has 0 bridgehead atoms. The summed E-state index contributed by atoms with van der Waals surface area (Å²) in [5.41, 5.74) is 9.39. The van der Waals surface area contributed by atoms with Gasteiger partial charge >= 0.3 is 0 Å². The Morgan fingerprint density at radius 1 is 1.47 bits per heavy atom. The number of nitrogens with zero attached hydrogens (tertiary/aromatic N) is 1. The number of aliphatic hydroxyl groups excluding tert-OH is 1. The van der Waals surface area contributed by atoms with Crippen LogP contribution >= 0.6 is 0 Å². The number of rotatable bonds is 3. The molecule has 0 radical (unpaired) electrons. The van der Waals surface area contributed by atoms with Gasteiger partial charge in [-0.2, -0.15) is 0 Å². The molecular weight excluding hydrogens is 218 g/mol. The number of nitrogen functional groups attached to an aromatic ring is 1. The molecule has 0 unspecified atom stereocenters. The molecule has 2 rings (SSSR count). The van der Waals surface area contributed by atoms with Crippen LogP contribution in [0.5, 0.6) is 0 Å². The molecule has 0 saturated carbocycles. The van der Waals surface area contributed by atoms with E-state index in [0.717, 1.165) is 23.4 Å². The highest BCUT2D eigenvalue weighted by Crippen LogP contribution is 2.32. The predicted molar refractivity (Wildman–Crippen MR) is 68.2 cm³/mol. The lowest BCUT2D eigenvalue weighted by Gasteiger charge is -2.24. The number of aryl methyl sites for hydroxylation is 1. The average Bonchev–Trinajstić information content (AvgIpc) is 2.29.